The monoisotopic (exact) mass is 235 g/mol. The summed E-state index contributed by atoms with van der Waals surface area (Å²) in [6.07, 6.45) is 0. The Morgan fingerprint density at radius 1 is 1.35 bits per heavy atom. The molecule has 0 unspecified atom stereocenters. The van der Waals surface area contributed by atoms with E-state index in [1.54, 1.807) is 13.0 Å². The van der Waals surface area contributed by atoms with Crippen LogP contribution in [0.2, 0.25) is 0 Å². The van der Waals surface area contributed by atoms with E-state index in [9.17, 15) is 4.39 Å². The van der Waals surface area contributed by atoms with Crippen LogP contribution in [0, 0.1) is 19.7 Å². The van der Waals surface area contributed by atoms with Gasteiger partial charge < -0.3 is 15.6 Å². The molecule has 0 aliphatic rings. The van der Waals surface area contributed by atoms with E-state index < -0.39 is 0 Å². The van der Waals surface area contributed by atoms with Gasteiger partial charge in [0.05, 0.1) is 23.6 Å². The summed E-state index contributed by atoms with van der Waals surface area (Å²) in [6.45, 7) is 4.01. The first-order valence-corrected chi connectivity index (χ1v) is 5.28. The van der Waals surface area contributed by atoms with Crippen LogP contribution in [0.3, 0.4) is 0 Å². The second kappa shape index (κ2) is 4.45. The summed E-state index contributed by atoms with van der Waals surface area (Å²) >= 11 is 0. The van der Waals surface area contributed by atoms with Crippen LogP contribution >= 0.6 is 0 Å². The van der Waals surface area contributed by atoms with E-state index in [-0.39, 0.29) is 5.82 Å². The number of hydrogen-bond donors (Lipinski definition) is 2. The van der Waals surface area contributed by atoms with Gasteiger partial charge in [0.15, 0.2) is 5.76 Å². The molecule has 0 spiro atoms. The van der Waals surface area contributed by atoms with Gasteiger partial charge in [-0.1, -0.05) is 5.16 Å². The van der Waals surface area contributed by atoms with Crippen LogP contribution in [0.1, 0.15) is 17.0 Å². The predicted octanol–water partition coefficient (Wildman–Crippen LogP) is 2.62. The van der Waals surface area contributed by atoms with Crippen molar-refractivity contribution in [2.24, 2.45) is 0 Å². The Bertz CT molecular complexity index is 537. The maximum absolute atomic E-state index is 13.2. The van der Waals surface area contributed by atoms with Gasteiger partial charge in [0.1, 0.15) is 5.82 Å². The van der Waals surface area contributed by atoms with E-state index in [0.717, 1.165) is 5.69 Å². The maximum atomic E-state index is 13.2. The lowest BCUT2D eigenvalue weighted by Crippen LogP contribution is -2.03. The fourth-order valence-electron chi connectivity index (χ4n) is 1.53. The molecular weight excluding hydrogens is 221 g/mol. The molecule has 0 saturated heterocycles. The van der Waals surface area contributed by atoms with E-state index in [1.807, 2.05) is 13.0 Å². The van der Waals surface area contributed by atoms with Crippen molar-refractivity contribution >= 4 is 11.4 Å². The number of anilines is 2. The number of rotatable bonds is 3. The molecule has 0 radical (unpaired) electrons. The van der Waals surface area contributed by atoms with Crippen LogP contribution in [0.15, 0.2) is 22.7 Å². The molecule has 3 N–H and O–H groups in total. The van der Waals surface area contributed by atoms with Crippen molar-refractivity contribution in [1.82, 2.24) is 5.16 Å². The lowest BCUT2D eigenvalue weighted by atomic mass is 10.2. The summed E-state index contributed by atoms with van der Waals surface area (Å²) in [5.74, 6) is 0.410. The highest BCUT2D eigenvalue weighted by Crippen LogP contribution is 2.23. The minimum atomic E-state index is -0.302. The van der Waals surface area contributed by atoms with Gasteiger partial charge in [-0.3, -0.25) is 0 Å². The fourth-order valence-corrected chi connectivity index (χ4v) is 1.53. The molecule has 0 aliphatic carbocycles. The molecule has 2 rings (SSSR count). The first kappa shape index (κ1) is 11.4. The topological polar surface area (TPSA) is 64.1 Å². The number of hydrogen-bond acceptors (Lipinski definition) is 4. The highest BCUT2D eigenvalue weighted by Gasteiger charge is 2.06. The Morgan fingerprint density at radius 3 is 2.76 bits per heavy atom. The average molecular weight is 235 g/mol. The van der Waals surface area contributed by atoms with Gasteiger partial charge in [-0.25, -0.2) is 4.39 Å². The second-order valence-electron chi connectivity index (χ2n) is 3.98. The Balaban J connectivity index is 2.11. The van der Waals surface area contributed by atoms with E-state index in [2.05, 4.69) is 10.5 Å². The van der Waals surface area contributed by atoms with Crippen LogP contribution in [0.4, 0.5) is 15.8 Å². The first-order valence-electron chi connectivity index (χ1n) is 5.28. The van der Waals surface area contributed by atoms with Crippen LogP contribution < -0.4 is 11.1 Å². The number of aromatic nitrogens is 1. The first-order chi connectivity index (χ1) is 8.06. The summed E-state index contributed by atoms with van der Waals surface area (Å²) in [6, 6.07) is 4.82. The molecule has 4 nitrogen and oxygen atoms in total. The van der Waals surface area contributed by atoms with Gasteiger partial charge in [0, 0.05) is 6.07 Å². The summed E-state index contributed by atoms with van der Waals surface area (Å²) in [4.78, 5) is 0. The smallest absolute Gasteiger partial charge is 0.156 e. The van der Waals surface area contributed by atoms with Gasteiger partial charge in [0.25, 0.3) is 0 Å². The zero-order valence-corrected chi connectivity index (χ0v) is 9.75. The van der Waals surface area contributed by atoms with Gasteiger partial charge in [-0.2, -0.15) is 0 Å². The third-order valence-electron chi connectivity index (χ3n) is 2.46. The zero-order chi connectivity index (χ0) is 12.4. The van der Waals surface area contributed by atoms with Crippen molar-refractivity contribution in [3.05, 3.63) is 41.0 Å². The number of nitrogens with two attached hydrogens (primary N) is 1. The van der Waals surface area contributed by atoms with E-state index in [0.29, 0.717) is 29.2 Å². The minimum absolute atomic E-state index is 0.302. The normalized spacial score (nSPS) is 10.5. The van der Waals surface area contributed by atoms with Crippen molar-refractivity contribution in [2.75, 3.05) is 11.1 Å². The average Bonchev–Trinajstić information content (AvgIpc) is 2.68. The lowest BCUT2D eigenvalue weighted by molar-refractivity contribution is 0.384. The number of nitrogens with zero attached hydrogens (tertiary/aromatic N) is 1. The number of nitrogen functional groups attached to an aromatic ring is 1. The lowest BCUT2D eigenvalue weighted by Gasteiger charge is -2.09. The Hall–Kier alpha value is -2.04. The third kappa shape index (κ3) is 2.55. The van der Waals surface area contributed by atoms with Crippen LogP contribution in [0.5, 0.6) is 0 Å². The molecule has 1 heterocycles. The van der Waals surface area contributed by atoms with Crippen LogP contribution in [-0.2, 0) is 6.54 Å². The van der Waals surface area contributed by atoms with Crippen molar-refractivity contribution in [3.63, 3.8) is 0 Å². The molecular formula is C12H14FN3O. The van der Waals surface area contributed by atoms with E-state index in [1.165, 1.54) is 6.07 Å². The molecule has 0 aliphatic heterocycles. The summed E-state index contributed by atoms with van der Waals surface area (Å²) in [7, 11) is 0. The van der Waals surface area contributed by atoms with Gasteiger partial charge in [0.2, 0.25) is 0 Å². The summed E-state index contributed by atoms with van der Waals surface area (Å²) in [5, 5.41) is 6.86. The number of halogens is 1. The molecule has 2 aromatic rings. The molecule has 1 aromatic heterocycles. The minimum Gasteiger partial charge on any atom is -0.397 e. The van der Waals surface area contributed by atoms with Crippen molar-refractivity contribution in [1.29, 1.82) is 0 Å². The van der Waals surface area contributed by atoms with Crippen LogP contribution in [-0.4, -0.2) is 5.16 Å². The second-order valence-corrected chi connectivity index (χ2v) is 3.98. The maximum Gasteiger partial charge on any atom is 0.156 e. The fraction of sp³-hybridized carbons (Fsp3) is 0.250. The molecule has 90 valence electrons. The van der Waals surface area contributed by atoms with Gasteiger partial charge >= 0.3 is 0 Å². The Labute approximate surface area is 98.6 Å². The zero-order valence-electron chi connectivity index (χ0n) is 9.75. The Morgan fingerprint density at radius 2 is 2.12 bits per heavy atom. The third-order valence-corrected chi connectivity index (χ3v) is 2.46. The van der Waals surface area contributed by atoms with Crippen molar-refractivity contribution < 1.29 is 8.91 Å². The van der Waals surface area contributed by atoms with E-state index in [4.69, 9.17) is 10.3 Å². The predicted molar refractivity (Wildman–Crippen MR) is 64.1 cm³/mol. The highest BCUT2D eigenvalue weighted by atomic mass is 19.1. The molecule has 0 amide bonds. The SMILES string of the molecule is Cc1cc(CNc2cc(C)c(F)cc2N)on1. The van der Waals surface area contributed by atoms with Crippen molar-refractivity contribution in [2.45, 2.75) is 20.4 Å². The number of nitrogens with one attached hydrogen (secondary N) is 1. The largest absolute Gasteiger partial charge is 0.397 e. The van der Waals surface area contributed by atoms with Gasteiger partial charge in [-0.05, 0) is 31.5 Å². The molecule has 0 saturated carbocycles. The number of aryl methyl sites for hydroxylation is 2. The Kier molecular flexibility index (Phi) is 2.99. The summed E-state index contributed by atoms with van der Waals surface area (Å²) in [5.41, 5.74) is 8.16. The molecule has 5 heteroatoms. The molecule has 0 atom stereocenters. The molecule has 1 aromatic carbocycles. The van der Waals surface area contributed by atoms with Crippen molar-refractivity contribution in [3.8, 4) is 0 Å². The van der Waals surface area contributed by atoms with Gasteiger partial charge in [-0.15, -0.1) is 0 Å². The molecule has 0 fully saturated rings. The molecule has 0 bridgehead atoms. The van der Waals surface area contributed by atoms with E-state index >= 15 is 0 Å². The highest BCUT2D eigenvalue weighted by molar-refractivity contribution is 5.67. The van der Waals surface area contributed by atoms with Crippen LogP contribution in [0.25, 0.3) is 0 Å². The standard InChI is InChI=1S/C12H14FN3O/c1-7-3-12(11(14)5-10(7)13)15-6-9-4-8(2)16-17-9/h3-5,15H,6,14H2,1-2H3. The number of benzene rings is 1. The molecule has 17 heavy (non-hydrogen) atoms. The quantitative estimate of drug-likeness (QED) is 0.803. The summed E-state index contributed by atoms with van der Waals surface area (Å²) < 4.78 is 18.2.